The predicted octanol–water partition coefficient (Wildman–Crippen LogP) is 0.984. The highest BCUT2D eigenvalue weighted by Gasteiger charge is 2.22. The lowest BCUT2D eigenvalue weighted by atomic mass is 10.1. The molecule has 20 heavy (non-hydrogen) atoms. The lowest BCUT2D eigenvalue weighted by molar-refractivity contribution is -0.132. The fraction of sp³-hybridized carbons (Fsp3) is 0.533. The second kappa shape index (κ2) is 5.71. The average molecular weight is 277 g/mol. The van der Waals surface area contributed by atoms with Crippen LogP contribution in [0.5, 0.6) is 11.5 Å². The van der Waals surface area contributed by atoms with Gasteiger partial charge in [0.1, 0.15) is 13.2 Å². The van der Waals surface area contributed by atoms with Crippen LogP contribution >= 0.6 is 0 Å². The van der Waals surface area contributed by atoms with Gasteiger partial charge in [0.2, 0.25) is 5.91 Å². The van der Waals surface area contributed by atoms with E-state index in [1.807, 2.05) is 23.1 Å². The summed E-state index contributed by atoms with van der Waals surface area (Å²) in [5, 5.41) is 9.46. The normalized spacial score (nSPS) is 18.9. The summed E-state index contributed by atoms with van der Waals surface area (Å²) in [6.45, 7) is 2.41. The molecule has 2 aliphatic rings. The van der Waals surface area contributed by atoms with Crippen molar-refractivity contribution < 1.29 is 19.4 Å². The van der Waals surface area contributed by atoms with Crippen LogP contribution in [0.4, 0.5) is 0 Å². The Bertz CT molecular complexity index is 495. The van der Waals surface area contributed by atoms with Crippen molar-refractivity contribution in [2.45, 2.75) is 25.4 Å². The highest BCUT2D eigenvalue weighted by molar-refractivity contribution is 5.79. The maximum Gasteiger partial charge on any atom is 0.226 e. The third kappa shape index (κ3) is 2.88. The number of benzene rings is 1. The number of likely N-dealkylation sites (tertiary alicyclic amines) is 1. The Hall–Kier alpha value is -1.75. The van der Waals surface area contributed by atoms with Crippen LogP contribution in [0, 0.1) is 0 Å². The van der Waals surface area contributed by atoms with Crippen LogP contribution in [0.15, 0.2) is 18.2 Å². The number of aliphatic hydroxyl groups is 1. The summed E-state index contributed by atoms with van der Waals surface area (Å²) in [5.74, 6) is 1.57. The smallest absolute Gasteiger partial charge is 0.226 e. The SMILES string of the molecule is O=C(Cc1ccc2c(c1)OCCO2)N1CCC(O)CC1. The number of nitrogens with zero attached hydrogens (tertiary/aromatic N) is 1. The maximum absolute atomic E-state index is 12.2. The quantitative estimate of drug-likeness (QED) is 0.875. The van der Waals surface area contributed by atoms with Gasteiger partial charge in [0.25, 0.3) is 0 Å². The van der Waals surface area contributed by atoms with E-state index in [2.05, 4.69) is 0 Å². The van der Waals surface area contributed by atoms with Crippen molar-refractivity contribution >= 4 is 5.91 Å². The number of carbonyl (C=O) groups is 1. The molecule has 3 rings (SSSR count). The molecule has 5 heteroatoms. The van der Waals surface area contributed by atoms with Gasteiger partial charge in [-0.15, -0.1) is 0 Å². The van der Waals surface area contributed by atoms with E-state index in [1.54, 1.807) is 0 Å². The van der Waals surface area contributed by atoms with Crippen LogP contribution in [0.2, 0.25) is 0 Å². The standard InChI is InChI=1S/C15H19NO4/c17-12-3-5-16(6-4-12)15(18)10-11-1-2-13-14(9-11)20-8-7-19-13/h1-2,9,12,17H,3-8,10H2. The highest BCUT2D eigenvalue weighted by Crippen LogP contribution is 2.31. The largest absolute Gasteiger partial charge is 0.486 e. The minimum Gasteiger partial charge on any atom is -0.486 e. The molecule has 1 aromatic carbocycles. The van der Waals surface area contributed by atoms with E-state index in [1.165, 1.54) is 0 Å². The molecule has 2 aliphatic heterocycles. The topological polar surface area (TPSA) is 59.0 Å². The molecule has 0 radical (unpaired) electrons. The molecule has 0 bridgehead atoms. The highest BCUT2D eigenvalue weighted by atomic mass is 16.6. The van der Waals surface area contributed by atoms with Crippen molar-refractivity contribution in [3.8, 4) is 11.5 Å². The Morgan fingerprint density at radius 3 is 2.65 bits per heavy atom. The van der Waals surface area contributed by atoms with Crippen molar-refractivity contribution in [1.82, 2.24) is 4.90 Å². The number of carbonyl (C=O) groups excluding carboxylic acids is 1. The molecule has 0 spiro atoms. The van der Waals surface area contributed by atoms with Crippen molar-refractivity contribution in [2.75, 3.05) is 26.3 Å². The van der Waals surface area contributed by atoms with Gasteiger partial charge in [-0.05, 0) is 30.5 Å². The molecule has 2 heterocycles. The molecular weight excluding hydrogens is 258 g/mol. The number of piperidine rings is 1. The van der Waals surface area contributed by atoms with Gasteiger partial charge in [-0.3, -0.25) is 4.79 Å². The van der Waals surface area contributed by atoms with Crippen molar-refractivity contribution in [2.24, 2.45) is 0 Å². The zero-order valence-corrected chi connectivity index (χ0v) is 11.4. The van der Waals surface area contributed by atoms with Crippen molar-refractivity contribution in [3.63, 3.8) is 0 Å². The second-order valence-corrected chi connectivity index (χ2v) is 5.27. The number of hydrogen-bond donors (Lipinski definition) is 1. The molecule has 1 amide bonds. The molecule has 1 fully saturated rings. The van der Waals surface area contributed by atoms with E-state index in [9.17, 15) is 9.90 Å². The fourth-order valence-corrected chi connectivity index (χ4v) is 2.60. The van der Waals surface area contributed by atoms with Crippen LogP contribution < -0.4 is 9.47 Å². The Kier molecular flexibility index (Phi) is 3.78. The number of amides is 1. The molecule has 0 saturated carbocycles. The molecule has 108 valence electrons. The van der Waals surface area contributed by atoms with E-state index >= 15 is 0 Å². The first kappa shape index (κ1) is 13.2. The fourth-order valence-electron chi connectivity index (χ4n) is 2.60. The first-order valence-electron chi connectivity index (χ1n) is 7.07. The summed E-state index contributed by atoms with van der Waals surface area (Å²) in [6, 6.07) is 5.65. The van der Waals surface area contributed by atoms with Crippen LogP contribution in [-0.4, -0.2) is 48.3 Å². The second-order valence-electron chi connectivity index (χ2n) is 5.27. The van der Waals surface area contributed by atoms with Crippen LogP contribution in [0.1, 0.15) is 18.4 Å². The van der Waals surface area contributed by atoms with Gasteiger partial charge in [0, 0.05) is 13.1 Å². The Morgan fingerprint density at radius 2 is 1.90 bits per heavy atom. The molecule has 1 N–H and O–H groups in total. The van der Waals surface area contributed by atoms with Gasteiger partial charge >= 0.3 is 0 Å². The first-order chi connectivity index (χ1) is 9.72. The lowest BCUT2D eigenvalue weighted by Gasteiger charge is -2.29. The van der Waals surface area contributed by atoms with E-state index in [0.717, 1.165) is 17.1 Å². The Morgan fingerprint density at radius 1 is 1.20 bits per heavy atom. The van der Waals surface area contributed by atoms with Crippen LogP contribution in [-0.2, 0) is 11.2 Å². The Balaban J connectivity index is 1.64. The molecule has 5 nitrogen and oxygen atoms in total. The van der Waals surface area contributed by atoms with E-state index in [4.69, 9.17) is 9.47 Å². The summed E-state index contributed by atoms with van der Waals surface area (Å²) in [4.78, 5) is 14.0. The van der Waals surface area contributed by atoms with Gasteiger partial charge in [-0.25, -0.2) is 0 Å². The van der Waals surface area contributed by atoms with E-state index in [0.29, 0.717) is 45.6 Å². The monoisotopic (exact) mass is 277 g/mol. The predicted molar refractivity (Wildman–Crippen MR) is 73.0 cm³/mol. The number of aliphatic hydroxyl groups excluding tert-OH is 1. The molecule has 1 saturated heterocycles. The minimum absolute atomic E-state index is 0.105. The van der Waals surface area contributed by atoms with Gasteiger partial charge in [-0.1, -0.05) is 6.07 Å². The van der Waals surface area contributed by atoms with Gasteiger partial charge in [0.15, 0.2) is 11.5 Å². The number of hydrogen-bond acceptors (Lipinski definition) is 4. The third-order valence-electron chi connectivity index (χ3n) is 3.78. The summed E-state index contributed by atoms with van der Waals surface area (Å²) in [7, 11) is 0. The van der Waals surface area contributed by atoms with Gasteiger partial charge in [-0.2, -0.15) is 0 Å². The van der Waals surface area contributed by atoms with E-state index < -0.39 is 0 Å². The lowest BCUT2D eigenvalue weighted by Crippen LogP contribution is -2.40. The van der Waals surface area contributed by atoms with Gasteiger partial charge < -0.3 is 19.5 Å². The molecule has 0 aromatic heterocycles. The van der Waals surface area contributed by atoms with Crippen LogP contribution in [0.3, 0.4) is 0 Å². The maximum atomic E-state index is 12.2. The average Bonchev–Trinajstić information content (AvgIpc) is 2.48. The van der Waals surface area contributed by atoms with Gasteiger partial charge in [0.05, 0.1) is 12.5 Å². The zero-order valence-electron chi connectivity index (χ0n) is 11.4. The molecular formula is C15H19NO4. The Labute approximate surface area is 118 Å². The zero-order chi connectivity index (χ0) is 13.9. The third-order valence-corrected chi connectivity index (χ3v) is 3.78. The summed E-state index contributed by atoms with van der Waals surface area (Å²) in [5.41, 5.74) is 0.936. The summed E-state index contributed by atoms with van der Waals surface area (Å²) >= 11 is 0. The number of fused-ring (bicyclic) bond motifs is 1. The van der Waals surface area contributed by atoms with E-state index in [-0.39, 0.29) is 12.0 Å². The number of rotatable bonds is 2. The molecule has 0 atom stereocenters. The molecule has 0 aliphatic carbocycles. The molecule has 1 aromatic rings. The van der Waals surface area contributed by atoms with Crippen molar-refractivity contribution in [3.05, 3.63) is 23.8 Å². The number of ether oxygens (including phenoxy) is 2. The van der Waals surface area contributed by atoms with Crippen LogP contribution in [0.25, 0.3) is 0 Å². The minimum atomic E-state index is -0.256. The van der Waals surface area contributed by atoms with Crippen molar-refractivity contribution in [1.29, 1.82) is 0 Å². The molecule has 0 unspecified atom stereocenters. The first-order valence-corrected chi connectivity index (χ1v) is 7.07. The summed E-state index contributed by atoms with van der Waals surface area (Å²) in [6.07, 6.45) is 1.46. The summed E-state index contributed by atoms with van der Waals surface area (Å²) < 4.78 is 11.0.